The van der Waals surface area contributed by atoms with Crippen molar-refractivity contribution in [2.45, 2.75) is 32.5 Å². The lowest BCUT2D eigenvalue weighted by Crippen LogP contribution is -2.10. The molecule has 0 fully saturated rings. The molecule has 18 heavy (non-hydrogen) atoms. The molecule has 2 rings (SSSR count). The Kier molecular flexibility index (Phi) is 3.94. The van der Waals surface area contributed by atoms with Crippen molar-refractivity contribution in [3.63, 3.8) is 0 Å². The summed E-state index contributed by atoms with van der Waals surface area (Å²) >= 11 is 0. The largest absolute Gasteiger partial charge is 0.388 e. The summed E-state index contributed by atoms with van der Waals surface area (Å²) in [7, 11) is 1.66. The van der Waals surface area contributed by atoms with Gasteiger partial charge in [0.05, 0.1) is 17.7 Å². The highest BCUT2D eigenvalue weighted by Crippen LogP contribution is 2.23. The predicted molar refractivity (Wildman–Crippen MR) is 72.5 cm³/mol. The molecule has 1 aromatic heterocycles. The number of aryl methyl sites for hydroxylation is 1. The van der Waals surface area contributed by atoms with Gasteiger partial charge in [0.15, 0.2) is 0 Å². The first kappa shape index (κ1) is 13.0. The molecule has 1 heterocycles. The number of rotatable bonds is 4. The van der Waals surface area contributed by atoms with E-state index in [0.29, 0.717) is 6.42 Å². The van der Waals surface area contributed by atoms with E-state index in [9.17, 15) is 5.11 Å². The minimum atomic E-state index is -0.495. The molecule has 0 radical (unpaired) electrons. The monoisotopic (exact) mass is 245 g/mol. The Balaban J connectivity index is 2.26. The molecular formula is C15H19NO2. The first-order chi connectivity index (χ1) is 8.60. The van der Waals surface area contributed by atoms with Crippen molar-refractivity contribution in [1.29, 1.82) is 0 Å². The molecule has 0 aliphatic carbocycles. The third kappa shape index (κ3) is 2.86. The van der Waals surface area contributed by atoms with Gasteiger partial charge in [-0.15, -0.1) is 0 Å². The van der Waals surface area contributed by atoms with Crippen molar-refractivity contribution in [1.82, 2.24) is 4.98 Å². The van der Waals surface area contributed by atoms with Crippen LogP contribution in [0.5, 0.6) is 0 Å². The second kappa shape index (κ2) is 5.46. The number of pyridine rings is 1. The van der Waals surface area contributed by atoms with Gasteiger partial charge < -0.3 is 9.84 Å². The number of aliphatic hydroxyl groups excluding tert-OH is 1. The van der Waals surface area contributed by atoms with Gasteiger partial charge in [0, 0.05) is 24.6 Å². The Morgan fingerprint density at radius 1 is 1.28 bits per heavy atom. The number of fused-ring (bicyclic) bond motifs is 1. The van der Waals surface area contributed by atoms with Crippen molar-refractivity contribution >= 4 is 10.9 Å². The standard InChI is InChI=1S/C15H19NO2/c1-10-4-5-12-9-13(6-7-14(12)16-10)15(17)8-11(2)18-3/h4-7,9,11,15,17H,8H2,1-3H3. The van der Waals surface area contributed by atoms with Gasteiger partial charge in [-0.25, -0.2) is 0 Å². The van der Waals surface area contributed by atoms with Gasteiger partial charge in [-0.2, -0.15) is 0 Å². The molecule has 2 aromatic rings. The number of hydrogen-bond donors (Lipinski definition) is 1. The Labute approximate surface area is 107 Å². The molecule has 0 amide bonds. The molecule has 0 spiro atoms. The summed E-state index contributed by atoms with van der Waals surface area (Å²) in [6.45, 7) is 3.93. The summed E-state index contributed by atoms with van der Waals surface area (Å²) in [4.78, 5) is 4.45. The number of methoxy groups -OCH3 is 1. The predicted octanol–water partition coefficient (Wildman–Crippen LogP) is 3.00. The summed E-state index contributed by atoms with van der Waals surface area (Å²) < 4.78 is 5.17. The average molecular weight is 245 g/mol. The fraction of sp³-hybridized carbons (Fsp3) is 0.400. The fourth-order valence-electron chi connectivity index (χ4n) is 2.00. The van der Waals surface area contributed by atoms with E-state index >= 15 is 0 Å². The van der Waals surface area contributed by atoms with Gasteiger partial charge in [-0.3, -0.25) is 4.98 Å². The highest BCUT2D eigenvalue weighted by atomic mass is 16.5. The molecule has 0 saturated carbocycles. The van der Waals surface area contributed by atoms with E-state index in [-0.39, 0.29) is 6.10 Å². The third-order valence-corrected chi connectivity index (χ3v) is 3.19. The van der Waals surface area contributed by atoms with E-state index in [4.69, 9.17) is 4.74 Å². The van der Waals surface area contributed by atoms with E-state index in [2.05, 4.69) is 4.98 Å². The van der Waals surface area contributed by atoms with Gasteiger partial charge in [0.25, 0.3) is 0 Å². The maximum Gasteiger partial charge on any atom is 0.0814 e. The van der Waals surface area contributed by atoms with Crippen molar-refractivity contribution in [3.05, 3.63) is 41.6 Å². The number of hydrogen-bond acceptors (Lipinski definition) is 3. The molecule has 3 nitrogen and oxygen atoms in total. The molecule has 2 atom stereocenters. The fourth-order valence-corrected chi connectivity index (χ4v) is 2.00. The molecular weight excluding hydrogens is 226 g/mol. The second-order valence-corrected chi connectivity index (χ2v) is 4.70. The van der Waals surface area contributed by atoms with E-state index < -0.39 is 6.10 Å². The Morgan fingerprint density at radius 2 is 2.06 bits per heavy atom. The zero-order valence-electron chi connectivity index (χ0n) is 11.1. The van der Waals surface area contributed by atoms with Crippen molar-refractivity contribution < 1.29 is 9.84 Å². The van der Waals surface area contributed by atoms with Crippen LogP contribution < -0.4 is 0 Å². The molecule has 96 valence electrons. The Morgan fingerprint density at radius 3 is 2.78 bits per heavy atom. The van der Waals surface area contributed by atoms with Crippen LogP contribution in [0.4, 0.5) is 0 Å². The number of ether oxygens (including phenoxy) is 1. The zero-order chi connectivity index (χ0) is 13.1. The average Bonchev–Trinajstić information content (AvgIpc) is 2.37. The number of aromatic nitrogens is 1. The van der Waals surface area contributed by atoms with Crippen LogP contribution in [-0.4, -0.2) is 23.3 Å². The van der Waals surface area contributed by atoms with Crippen LogP contribution >= 0.6 is 0 Å². The number of benzene rings is 1. The Bertz CT molecular complexity index is 539. The van der Waals surface area contributed by atoms with E-state index in [1.165, 1.54) is 0 Å². The topological polar surface area (TPSA) is 42.4 Å². The molecule has 3 heteroatoms. The van der Waals surface area contributed by atoms with Crippen molar-refractivity contribution in [2.24, 2.45) is 0 Å². The van der Waals surface area contributed by atoms with Gasteiger partial charge in [0.2, 0.25) is 0 Å². The number of aliphatic hydroxyl groups is 1. The molecule has 0 aliphatic heterocycles. The summed E-state index contributed by atoms with van der Waals surface area (Å²) in [6.07, 6.45) is 0.152. The first-order valence-corrected chi connectivity index (χ1v) is 6.18. The molecule has 0 bridgehead atoms. The lowest BCUT2D eigenvalue weighted by molar-refractivity contribution is 0.0560. The van der Waals surface area contributed by atoms with Crippen LogP contribution in [0.3, 0.4) is 0 Å². The molecule has 0 aliphatic rings. The lowest BCUT2D eigenvalue weighted by Gasteiger charge is -2.16. The second-order valence-electron chi connectivity index (χ2n) is 4.70. The normalized spacial score (nSPS) is 14.7. The summed E-state index contributed by atoms with van der Waals surface area (Å²) in [5, 5.41) is 11.2. The molecule has 0 saturated heterocycles. The van der Waals surface area contributed by atoms with Crippen LogP contribution in [0, 0.1) is 6.92 Å². The molecule has 1 N–H and O–H groups in total. The van der Waals surface area contributed by atoms with Crippen molar-refractivity contribution in [3.8, 4) is 0 Å². The van der Waals surface area contributed by atoms with Gasteiger partial charge in [-0.1, -0.05) is 12.1 Å². The van der Waals surface area contributed by atoms with Crippen LogP contribution in [0.15, 0.2) is 30.3 Å². The van der Waals surface area contributed by atoms with Crippen LogP contribution in [-0.2, 0) is 4.74 Å². The van der Waals surface area contributed by atoms with Crippen molar-refractivity contribution in [2.75, 3.05) is 7.11 Å². The number of nitrogens with zero attached hydrogens (tertiary/aromatic N) is 1. The maximum absolute atomic E-state index is 10.1. The summed E-state index contributed by atoms with van der Waals surface area (Å²) in [5.74, 6) is 0. The summed E-state index contributed by atoms with van der Waals surface area (Å²) in [5.41, 5.74) is 2.88. The van der Waals surface area contributed by atoms with E-state index in [1.54, 1.807) is 7.11 Å². The molecule has 2 unspecified atom stereocenters. The Hall–Kier alpha value is -1.45. The quantitative estimate of drug-likeness (QED) is 0.900. The maximum atomic E-state index is 10.1. The van der Waals surface area contributed by atoms with Gasteiger partial charge >= 0.3 is 0 Å². The van der Waals surface area contributed by atoms with Crippen LogP contribution in [0.2, 0.25) is 0 Å². The van der Waals surface area contributed by atoms with Crippen LogP contribution in [0.25, 0.3) is 10.9 Å². The van der Waals surface area contributed by atoms with E-state index in [0.717, 1.165) is 22.2 Å². The minimum Gasteiger partial charge on any atom is -0.388 e. The van der Waals surface area contributed by atoms with Gasteiger partial charge in [0.1, 0.15) is 0 Å². The first-order valence-electron chi connectivity index (χ1n) is 6.18. The molecule has 1 aromatic carbocycles. The highest BCUT2D eigenvalue weighted by Gasteiger charge is 2.12. The SMILES string of the molecule is COC(C)CC(O)c1ccc2nc(C)ccc2c1. The third-order valence-electron chi connectivity index (χ3n) is 3.19. The summed E-state index contributed by atoms with van der Waals surface area (Å²) in [6, 6.07) is 9.90. The lowest BCUT2D eigenvalue weighted by atomic mass is 10.0. The van der Waals surface area contributed by atoms with Crippen LogP contribution in [0.1, 0.15) is 30.7 Å². The minimum absolute atomic E-state index is 0.0480. The van der Waals surface area contributed by atoms with Gasteiger partial charge in [-0.05, 0) is 37.6 Å². The smallest absolute Gasteiger partial charge is 0.0814 e. The highest BCUT2D eigenvalue weighted by molar-refractivity contribution is 5.79. The van der Waals surface area contributed by atoms with E-state index in [1.807, 2.05) is 44.2 Å². The zero-order valence-corrected chi connectivity index (χ0v) is 11.1.